The van der Waals surface area contributed by atoms with E-state index >= 15 is 0 Å². The summed E-state index contributed by atoms with van der Waals surface area (Å²) < 4.78 is 7.10. The van der Waals surface area contributed by atoms with Crippen molar-refractivity contribution in [3.63, 3.8) is 0 Å². The number of hydrogen-bond donors (Lipinski definition) is 1. The van der Waals surface area contributed by atoms with Gasteiger partial charge < -0.3 is 15.4 Å². The molecule has 4 aromatic rings. The molecule has 3 heterocycles. The molecule has 164 valence electrons. The Labute approximate surface area is 189 Å². The molecule has 0 spiro atoms. The minimum Gasteiger partial charge on any atom is -0.496 e. The zero-order valence-electron chi connectivity index (χ0n) is 18.0. The predicted molar refractivity (Wildman–Crippen MR) is 124 cm³/mol. The maximum atomic E-state index is 13.8. The van der Waals surface area contributed by atoms with Crippen LogP contribution in [0.1, 0.15) is 30.3 Å². The first-order valence-electron chi connectivity index (χ1n) is 10.6. The topological polar surface area (TPSA) is 123 Å². The fraction of sp³-hybridized carbons (Fsp3) is 0.208. The average molecular weight is 439 g/mol. The number of anilines is 2. The zero-order valence-corrected chi connectivity index (χ0v) is 18.0. The first-order valence-corrected chi connectivity index (χ1v) is 10.6. The number of benzene rings is 2. The summed E-state index contributed by atoms with van der Waals surface area (Å²) in [6.07, 6.45) is 2.94. The standard InChI is InChI=1S/C24H21N7O2/c1-33-19-11-5-9-17-20(19)24(32)31(15-7-3-2-4-8-15)23(29-17)18-10-6-12-30(18)22-16(13-25)21(26)27-14-28-22/h2-5,7-9,11,14,18H,6,10,12H2,1H3,(H2,26,27,28)/t18-/m0/s1. The Morgan fingerprint density at radius 2 is 1.97 bits per heavy atom. The lowest BCUT2D eigenvalue weighted by molar-refractivity contribution is 0.419. The summed E-state index contributed by atoms with van der Waals surface area (Å²) in [5.41, 5.74) is 7.21. The van der Waals surface area contributed by atoms with Gasteiger partial charge >= 0.3 is 0 Å². The number of para-hydroxylation sites is 1. The molecular weight excluding hydrogens is 418 g/mol. The van der Waals surface area contributed by atoms with Crippen molar-refractivity contribution in [2.24, 2.45) is 0 Å². The number of rotatable bonds is 4. The van der Waals surface area contributed by atoms with Crippen LogP contribution >= 0.6 is 0 Å². The van der Waals surface area contributed by atoms with E-state index in [1.807, 2.05) is 41.3 Å². The van der Waals surface area contributed by atoms with Crippen LogP contribution in [0.25, 0.3) is 16.6 Å². The molecule has 2 aromatic carbocycles. The molecule has 1 saturated heterocycles. The smallest absolute Gasteiger partial charge is 0.269 e. The molecule has 1 fully saturated rings. The molecule has 0 unspecified atom stereocenters. The number of methoxy groups -OCH3 is 1. The van der Waals surface area contributed by atoms with Gasteiger partial charge in [-0.25, -0.2) is 15.0 Å². The Morgan fingerprint density at radius 3 is 2.73 bits per heavy atom. The van der Waals surface area contributed by atoms with Gasteiger partial charge in [0, 0.05) is 6.54 Å². The van der Waals surface area contributed by atoms with Crippen LogP contribution in [0.5, 0.6) is 5.75 Å². The largest absolute Gasteiger partial charge is 0.496 e. The zero-order chi connectivity index (χ0) is 22.9. The third-order valence-corrected chi connectivity index (χ3v) is 5.91. The molecule has 9 nitrogen and oxygen atoms in total. The molecule has 1 aliphatic heterocycles. The predicted octanol–water partition coefficient (Wildman–Crippen LogP) is 2.98. The van der Waals surface area contributed by atoms with Crippen molar-refractivity contribution >= 4 is 22.5 Å². The van der Waals surface area contributed by atoms with Gasteiger partial charge in [-0.15, -0.1) is 0 Å². The second-order valence-electron chi connectivity index (χ2n) is 7.72. The fourth-order valence-corrected chi connectivity index (χ4v) is 4.44. The van der Waals surface area contributed by atoms with Crippen molar-refractivity contribution in [2.75, 3.05) is 24.3 Å². The number of hydrogen-bond acceptors (Lipinski definition) is 8. The van der Waals surface area contributed by atoms with Gasteiger partial charge in [0.25, 0.3) is 5.56 Å². The molecule has 0 bridgehead atoms. The summed E-state index contributed by atoms with van der Waals surface area (Å²) in [7, 11) is 1.54. The van der Waals surface area contributed by atoms with Crippen LogP contribution in [0, 0.1) is 11.3 Å². The lowest BCUT2D eigenvalue weighted by atomic mass is 10.1. The van der Waals surface area contributed by atoms with E-state index in [0.29, 0.717) is 40.5 Å². The van der Waals surface area contributed by atoms with Crippen LogP contribution in [0.4, 0.5) is 11.6 Å². The van der Waals surface area contributed by atoms with E-state index in [1.54, 1.807) is 16.7 Å². The van der Waals surface area contributed by atoms with Gasteiger partial charge in [0.05, 0.1) is 24.4 Å². The second-order valence-corrected chi connectivity index (χ2v) is 7.72. The molecule has 0 saturated carbocycles. The van der Waals surface area contributed by atoms with Crippen LogP contribution in [-0.4, -0.2) is 33.2 Å². The third-order valence-electron chi connectivity index (χ3n) is 5.91. The third kappa shape index (κ3) is 3.32. The number of fused-ring (bicyclic) bond motifs is 1. The Bertz CT molecular complexity index is 1440. The Morgan fingerprint density at radius 1 is 1.15 bits per heavy atom. The number of nitrogens with zero attached hydrogens (tertiary/aromatic N) is 6. The molecule has 0 amide bonds. The van der Waals surface area contributed by atoms with Crippen LogP contribution in [0.15, 0.2) is 59.7 Å². The van der Waals surface area contributed by atoms with Gasteiger partial charge in [-0.3, -0.25) is 9.36 Å². The highest BCUT2D eigenvalue weighted by Gasteiger charge is 2.34. The number of nitrogens with two attached hydrogens (primary N) is 1. The SMILES string of the molecule is COc1cccc2nc([C@@H]3CCCN3c3ncnc(N)c3C#N)n(-c3ccccc3)c(=O)c12. The second kappa shape index (κ2) is 8.24. The molecule has 5 rings (SSSR count). The highest BCUT2D eigenvalue weighted by molar-refractivity contribution is 5.84. The van der Waals surface area contributed by atoms with Crippen LogP contribution in [0.2, 0.25) is 0 Å². The van der Waals surface area contributed by atoms with E-state index in [9.17, 15) is 10.1 Å². The Balaban J connectivity index is 1.78. The highest BCUT2D eigenvalue weighted by atomic mass is 16.5. The Kier molecular flexibility index (Phi) is 5.11. The van der Waals surface area contributed by atoms with Crippen molar-refractivity contribution in [1.82, 2.24) is 19.5 Å². The van der Waals surface area contributed by atoms with E-state index in [1.165, 1.54) is 13.4 Å². The Hall–Kier alpha value is -4.45. The van der Waals surface area contributed by atoms with Crippen molar-refractivity contribution in [2.45, 2.75) is 18.9 Å². The van der Waals surface area contributed by atoms with Gasteiger partial charge in [-0.05, 0) is 37.1 Å². The molecule has 9 heteroatoms. The molecule has 2 aromatic heterocycles. The van der Waals surface area contributed by atoms with Gasteiger partial charge in [0.1, 0.15) is 40.7 Å². The molecular formula is C24H21N7O2. The fourth-order valence-electron chi connectivity index (χ4n) is 4.44. The molecule has 1 aliphatic rings. The average Bonchev–Trinajstić information content (AvgIpc) is 3.33. The summed E-state index contributed by atoms with van der Waals surface area (Å²) in [4.78, 5) is 29.1. The lowest BCUT2D eigenvalue weighted by Gasteiger charge is -2.28. The molecule has 0 aliphatic carbocycles. The monoisotopic (exact) mass is 439 g/mol. The van der Waals surface area contributed by atoms with Gasteiger partial charge in [0.15, 0.2) is 5.82 Å². The van der Waals surface area contributed by atoms with Crippen molar-refractivity contribution in [3.05, 3.63) is 76.6 Å². The minimum absolute atomic E-state index is 0.129. The van der Waals surface area contributed by atoms with Gasteiger partial charge in [-0.2, -0.15) is 5.26 Å². The number of ether oxygens (including phenoxy) is 1. The first kappa shape index (κ1) is 20.5. The number of nitriles is 1. The first-order chi connectivity index (χ1) is 16.1. The molecule has 33 heavy (non-hydrogen) atoms. The summed E-state index contributed by atoms with van der Waals surface area (Å²) in [5.74, 6) is 1.63. The molecule has 1 atom stereocenters. The maximum absolute atomic E-state index is 13.8. The maximum Gasteiger partial charge on any atom is 0.269 e. The van der Waals surface area contributed by atoms with E-state index in [2.05, 4.69) is 16.0 Å². The summed E-state index contributed by atoms with van der Waals surface area (Å²) in [5, 5.41) is 10.1. The van der Waals surface area contributed by atoms with Crippen LogP contribution in [0.3, 0.4) is 0 Å². The van der Waals surface area contributed by atoms with E-state index in [4.69, 9.17) is 15.5 Å². The summed E-state index contributed by atoms with van der Waals surface area (Å²) >= 11 is 0. The van der Waals surface area contributed by atoms with E-state index < -0.39 is 0 Å². The lowest BCUT2D eigenvalue weighted by Crippen LogP contribution is -2.32. The normalized spacial score (nSPS) is 15.5. The molecule has 0 radical (unpaired) electrons. The van der Waals surface area contributed by atoms with Gasteiger partial charge in [0.2, 0.25) is 0 Å². The van der Waals surface area contributed by atoms with Gasteiger partial charge in [-0.1, -0.05) is 24.3 Å². The summed E-state index contributed by atoms with van der Waals surface area (Å²) in [6.45, 7) is 0.649. The minimum atomic E-state index is -0.282. The van der Waals surface area contributed by atoms with E-state index in [-0.39, 0.29) is 23.0 Å². The summed E-state index contributed by atoms with van der Waals surface area (Å²) in [6, 6.07) is 16.6. The van der Waals surface area contributed by atoms with Crippen LogP contribution < -0.4 is 20.9 Å². The van der Waals surface area contributed by atoms with E-state index in [0.717, 1.165) is 12.8 Å². The number of aromatic nitrogens is 4. The van der Waals surface area contributed by atoms with Crippen molar-refractivity contribution in [1.29, 1.82) is 5.26 Å². The van der Waals surface area contributed by atoms with Crippen molar-refractivity contribution in [3.8, 4) is 17.5 Å². The highest BCUT2D eigenvalue weighted by Crippen LogP contribution is 2.37. The molecule has 2 N–H and O–H groups in total. The quantitative estimate of drug-likeness (QED) is 0.515. The van der Waals surface area contributed by atoms with Crippen molar-refractivity contribution < 1.29 is 4.74 Å². The van der Waals surface area contributed by atoms with Crippen LogP contribution in [-0.2, 0) is 0 Å². The number of nitrogen functional groups attached to an aromatic ring is 1.